The lowest BCUT2D eigenvalue weighted by Crippen LogP contribution is -2.28. The summed E-state index contributed by atoms with van der Waals surface area (Å²) in [4.78, 5) is 21.7. The van der Waals surface area contributed by atoms with Crippen molar-refractivity contribution in [3.8, 4) is 12.3 Å². The summed E-state index contributed by atoms with van der Waals surface area (Å²) in [6.07, 6.45) is 4.96. The van der Waals surface area contributed by atoms with Crippen molar-refractivity contribution in [2.75, 3.05) is 0 Å². The second kappa shape index (κ2) is 5.36. The molecule has 0 radical (unpaired) electrons. The lowest BCUT2D eigenvalue weighted by molar-refractivity contribution is -0.149. The van der Waals surface area contributed by atoms with Crippen molar-refractivity contribution in [1.29, 1.82) is 0 Å². The van der Waals surface area contributed by atoms with Gasteiger partial charge >= 0.3 is 5.97 Å². The molecule has 0 saturated heterocycles. The van der Waals surface area contributed by atoms with E-state index in [2.05, 4.69) is 5.92 Å². The van der Waals surface area contributed by atoms with Crippen LogP contribution in [0.1, 0.15) is 27.2 Å². The molecule has 13 heavy (non-hydrogen) atoms. The van der Waals surface area contributed by atoms with E-state index in [1.807, 2.05) is 0 Å². The van der Waals surface area contributed by atoms with Gasteiger partial charge in [0.25, 0.3) is 0 Å². The van der Waals surface area contributed by atoms with E-state index in [1.165, 1.54) is 13.8 Å². The summed E-state index contributed by atoms with van der Waals surface area (Å²) in [6.45, 7) is 4.43. The molecule has 0 aromatic rings. The fraction of sp³-hybridized carbons (Fsp3) is 0.600. The number of ether oxygens (including phenoxy) is 1. The molecular formula is C10H14O3. The van der Waals surface area contributed by atoms with Gasteiger partial charge in [-0.15, -0.1) is 12.3 Å². The van der Waals surface area contributed by atoms with Crippen LogP contribution in [-0.4, -0.2) is 17.9 Å². The van der Waals surface area contributed by atoms with Gasteiger partial charge in [-0.25, -0.2) is 0 Å². The number of Topliss-reactive ketones (excluding diaryl/α,β-unsaturated/α-hetero) is 1. The molecule has 1 unspecified atom stereocenters. The summed E-state index contributed by atoms with van der Waals surface area (Å²) in [5.74, 6) is 1.57. The molecule has 0 spiro atoms. The van der Waals surface area contributed by atoms with Crippen LogP contribution in [0.5, 0.6) is 0 Å². The molecule has 0 aromatic carbocycles. The van der Waals surface area contributed by atoms with Gasteiger partial charge in [0.2, 0.25) is 0 Å². The van der Waals surface area contributed by atoms with Gasteiger partial charge in [0.1, 0.15) is 11.9 Å². The smallest absolute Gasteiger partial charge is 0.302 e. The second-order valence-electron chi connectivity index (χ2n) is 2.94. The quantitative estimate of drug-likeness (QED) is 0.484. The summed E-state index contributed by atoms with van der Waals surface area (Å²) in [5, 5.41) is 0. The van der Waals surface area contributed by atoms with Crippen LogP contribution < -0.4 is 0 Å². The van der Waals surface area contributed by atoms with Gasteiger partial charge in [-0.2, -0.15) is 0 Å². The Morgan fingerprint density at radius 1 is 1.46 bits per heavy atom. The molecular weight excluding hydrogens is 168 g/mol. The van der Waals surface area contributed by atoms with Crippen molar-refractivity contribution in [3.63, 3.8) is 0 Å². The zero-order valence-corrected chi connectivity index (χ0v) is 8.16. The molecule has 0 heterocycles. The first kappa shape index (κ1) is 11.7. The van der Waals surface area contributed by atoms with E-state index < -0.39 is 12.1 Å². The average Bonchev–Trinajstić information content (AvgIpc) is 1.97. The van der Waals surface area contributed by atoms with E-state index in [0.717, 1.165) is 0 Å². The summed E-state index contributed by atoms with van der Waals surface area (Å²) in [7, 11) is 0. The molecule has 2 atom stereocenters. The summed E-state index contributed by atoms with van der Waals surface area (Å²) < 4.78 is 4.87. The Labute approximate surface area is 78.5 Å². The lowest BCUT2D eigenvalue weighted by atomic mass is 9.96. The highest BCUT2D eigenvalue weighted by Gasteiger charge is 2.23. The fourth-order valence-electron chi connectivity index (χ4n) is 1.11. The van der Waals surface area contributed by atoms with Gasteiger partial charge in [-0.05, 0) is 13.8 Å². The molecule has 3 nitrogen and oxygen atoms in total. The van der Waals surface area contributed by atoms with Crippen LogP contribution in [0.4, 0.5) is 0 Å². The van der Waals surface area contributed by atoms with Crippen LogP contribution in [-0.2, 0) is 14.3 Å². The third kappa shape index (κ3) is 4.32. The number of carbonyl (C=O) groups excluding carboxylic acids is 2. The van der Waals surface area contributed by atoms with Crippen molar-refractivity contribution in [2.45, 2.75) is 33.3 Å². The Balaban J connectivity index is 4.29. The van der Waals surface area contributed by atoms with Crippen LogP contribution in [0, 0.1) is 18.3 Å². The minimum Gasteiger partial charge on any atom is -0.462 e. The summed E-state index contributed by atoms with van der Waals surface area (Å²) in [6, 6.07) is 0. The zero-order valence-electron chi connectivity index (χ0n) is 8.16. The number of rotatable bonds is 4. The van der Waals surface area contributed by atoms with E-state index >= 15 is 0 Å². The average molecular weight is 182 g/mol. The minimum atomic E-state index is -0.439. The van der Waals surface area contributed by atoms with Gasteiger partial charge in [-0.3, -0.25) is 9.59 Å². The maximum absolute atomic E-state index is 11.1. The number of hydrogen-bond donors (Lipinski definition) is 0. The first-order valence-corrected chi connectivity index (χ1v) is 4.10. The Morgan fingerprint density at radius 3 is 2.31 bits per heavy atom. The van der Waals surface area contributed by atoms with Crippen LogP contribution in [0.3, 0.4) is 0 Å². The highest BCUT2D eigenvalue weighted by Crippen LogP contribution is 2.13. The molecule has 0 fully saturated rings. The molecule has 0 amide bonds. The van der Waals surface area contributed by atoms with Crippen molar-refractivity contribution in [1.82, 2.24) is 0 Å². The molecule has 0 aromatic heterocycles. The minimum absolute atomic E-state index is 0.0494. The Bertz CT molecular complexity index is 237. The molecule has 0 saturated carbocycles. The van der Waals surface area contributed by atoms with Gasteiger partial charge in [0.15, 0.2) is 0 Å². The molecule has 0 aliphatic rings. The number of esters is 1. The van der Waals surface area contributed by atoms with Crippen molar-refractivity contribution in [2.24, 2.45) is 5.92 Å². The molecule has 0 bridgehead atoms. The summed E-state index contributed by atoms with van der Waals surface area (Å²) >= 11 is 0. The first-order valence-electron chi connectivity index (χ1n) is 4.10. The van der Waals surface area contributed by atoms with Crippen LogP contribution >= 0.6 is 0 Å². The summed E-state index contributed by atoms with van der Waals surface area (Å²) in [5.41, 5.74) is 0. The Kier molecular flexibility index (Phi) is 4.83. The molecule has 0 aliphatic heterocycles. The van der Waals surface area contributed by atoms with Crippen molar-refractivity contribution >= 4 is 11.8 Å². The molecule has 0 rings (SSSR count). The molecule has 72 valence electrons. The van der Waals surface area contributed by atoms with Gasteiger partial charge in [0.05, 0.1) is 5.92 Å². The molecule has 0 aliphatic carbocycles. The zero-order chi connectivity index (χ0) is 10.4. The Hall–Kier alpha value is -1.30. The maximum Gasteiger partial charge on any atom is 0.302 e. The van der Waals surface area contributed by atoms with E-state index in [9.17, 15) is 9.59 Å². The highest BCUT2D eigenvalue weighted by molar-refractivity contribution is 5.79. The van der Waals surface area contributed by atoms with Crippen molar-refractivity contribution < 1.29 is 14.3 Å². The normalized spacial score (nSPS) is 14.0. The topological polar surface area (TPSA) is 43.4 Å². The van der Waals surface area contributed by atoms with Crippen LogP contribution in [0.2, 0.25) is 0 Å². The van der Waals surface area contributed by atoms with Crippen LogP contribution in [0.15, 0.2) is 0 Å². The molecule has 0 N–H and O–H groups in total. The third-order valence-corrected chi connectivity index (χ3v) is 1.78. The van der Waals surface area contributed by atoms with Gasteiger partial charge < -0.3 is 4.74 Å². The van der Waals surface area contributed by atoms with E-state index in [-0.39, 0.29) is 11.7 Å². The Morgan fingerprint density at radius 2 is 2.00 bits per heavy atom. The number of terminal acetylenes is 1. The predicted molar refractivity (Wildman–Crippen MR) is 48.8 cm³/mol. The van der Waals surface area contributed by atoms with E-state index in [4.69, 9.17) is 11.2 Å². The fourth-order valence-corrected chi connectivity index (χ4v) is 1.11. The molecule has 3 heteroatoms. The number of carbonyl (C=O) groups is 2. The largest absolute Gasteiger partial charge is 0.462 e. The highest BCUT2D eigenvalue weighted by atomic mass is 16.5. The van der Waals surface area contributed by atoms with Crippen molar-refractivity contribution in [3.05, 3.63) is 0 Å². The number of ketones is 1. The lowest BCUT2D eigenvalue weighted by Gasteiger charge is -2.18. The van der Waals surface area contributed by atoms with Crippen LogP contribution in [0.25, 0.3) is 0 Å². The standard InChI is InChI=1S/C10H14O3/c1-5-6-10(7(2)11)8(3)13-9(4)12/h1,8,10H,6H2,2-4H3/t8-,10?/m1/s1. The van der Waals surface area contributed by atoms with Gasteiger partial charge in [-0.1, -0.05) is 0 Å². The second-order valence-corrected chi connectivity index (χ2v) is 2.94. The predicted octanol–water partition coefficient (Wildman–Crippen LogP) is 1.17. The van der Waals surface area contributed by atoms with E-state index in [1.54, 1.807) is 6.92 Å². The maximum atomic E-state index is 11.1. The third-order valence-electron chi connectivity index (χ3n) is 1.78. The first-order chi connectivity index (χ1) is 5.99. The monoisotopic (exact) mass is 182 g/mol. The SMILES string of the molecule is C#CCC(C(C)=O)[C@@H](C)OC(C)=O. The van der Waals surface area contributed by atoms with Gasteiger partial charge in [0, 0.05) is 13.3 Å². The number of hydrogen-bond acceptors (Lipinski definition) is 3. The van der Waals surface area contributed by atoms with E-state index in [0.29, 0.717) is 6.42 Å².